The van der Waals surface area contributed by atoms with Crippen LogP contribution in [0.5, 0.6) is 0 Å². The van der Waals surface area contributed by atoms with Crippen LogP contribution in [-0.4, -0.2) is 68.3 Å². The third kappa shape index (κ3) is 3.69. The molecule has 1 saturated heterocycles. The molecule has 0 amide bonds. The maximum absolute atomic E-state index is 6.19. The minimum Gasteiger partial charge on any atom is -0.383 e. The van der Waals surface area contributed by atoms with E-state index in [1.807, 2.05) is 0 Å². The van der Waals surface area contributed by atoms with Crippen molar-refractivity contribution in [1.82, 2.24) is 9.80 Å². The molecule has 1 rings (SSSR count). The van der Waals surface area contributed by atoms with Gasteiger partial charge in [0.2, 0.25) is 0 Å². The van der Waals surface area contributed by atoms with E-state index in [0.29, 0.717) is 18.5 Å². The first-order valence-electron chi connectivity index (χ1n) is 7.66. The Morgan fingerprint density at radius 3 is 2.53 bits per heavy atom. The van der Waals surface area contributed by atoms with Crippen molar-refractivity contribution in [2.75, 3.05) is 46.9 Å². The zero-order chi connectivity index (χ0) is 14.5. The van der Waals surface area contributed by atoms with Crippen molar-refractivity contribution < 1.29 is 4.74 Å². The number of hydrogen-bond acceptors (Lipinski definition) is 4. The summed E-state index contributed by atoms with van der Waals surface area (Å²) in [5, 5.41) is 0. The molecule has 114 valence electrons. The summed E-state index contributed by atoms with van der Waals surface area (Å²) in [6.07, 6.45) is 2.38. The van der Waals surface area contributed by atoms with Crippen molar-refractivity contribution in [3.8, 4) is 0 Å². The van der Waals surface area contributed by atoms with Gasteiger partial charge >= 0.3 is 0 Å². The number of hydrogen-bond donors (Lipinski definition) is 1. The third-order valence-electron chi connectivity index (χ3n) is 4.77. The van der Waals surface area contributed by atoms with Gasteiger partial charge in [-0.2, -0.15) is 0 Å². The minimum atomic E-state index is -0.0272. The molecule has 19 heavy (non-hydrogen) atoms. The average molecular weight is 271 g/mol. The second kappa shape index (κ2) is 7.58. The molecule has 0 aromatic carbocycles. The van der Waals surface area contributed by atoms with Crippen LogP contribution in [0, 0.1) is 5.92 Å². The molecule has 0 aliphatic carbocycles. The van der Waals surface area contributed by atoms with E-state index in [-0.39, 0.29) is 5.54 Å². The van der Waals surface area contributed by atoms with Gasteiger partial charge in [-0.1, -0.05) is 20.8 Å². The highest BCUT2D eigenvalue weighted by Gasteiger charge is 2.42. The molecule has 1 fully saturated rings. The largest absolute Gasteiger partial charge is 0.383 e. The van der Waals surface area contributed by atoms with Gasteiger partial charge < -0.3 is 15.4 Å². The Kier molecular flexibility index (Phi) is 6.74. The highest BCUT2D eigenvalue weighted by atomic mass is 16.5. The van der Waals surface area contributed by atoms with E-state index in [1.165, 1.54) is 19.4 Å². The first kappa shape index (κ1) is 16.9. The first-order chi connectivity index (χ1) is 9.01. The molecule has 0 bridgehead atoms. The van der Waals surface area contributed by atoms with Crippen molar-refractivity contribution >= 4 is 0 Å². The lowest BCUT2D eigenvalue weighted by Gasteiger charge is -2.49. The lowest BCUT2D eigenvalue weighted by Crippen LogP contribution is -2.64. The molecular weight excluding hydrogens is 238 g/mol. The van der Waals surface area contributed by atoms with Gasteiger partial charge in [0.05, 0.1) is 12.1 Å². The molecule has 0 aromatic rings. The van der Waals surface area contributed by atoms with Crippen LogP contribution in [0.25, 0.3) is 0 Å². The van der Waals surface area contributed by atoms with Crippen molar-refractivity contribution in [2.45, 2.75) is 45.2 Å². The highest BCUT2D eigenvalue weighted by molar-refractivity contribution is 4.98. The second-order valence-corrected chi connectivity index (χ2v) is 6.27. The molecule has 0 saturated carbocycles. The molecule has 1 heterocycles. The van der Waals surface area contributed by atoms with Crippen molar-refractivity contribution in [1.29, 1.82) is 0 Å². The van der Waals surface area contributed by atoms with Crippen LogP contribution in [0.4, 0.5) is 0 Å². The highest BCUT2D eigenvalue weighted by Crippen LogP contribution is 2.29. The summed E-state index contributed by atoms with van der Waals surface area (Å²) >= 11 is 0. The van der Waals surface area contributed by atoms with Gasteiger partial charge in [-0.3, -0.25) is 4.90 Å². The lowest BCUT2D eigenvalue weighted by molar-refractivity contribution is -0.0401. The smallest absolute Gasteiger partial charge is 0.0661 e. The van der Waals surface area contributed by atoms with Gasteiger partial charge in [0.25, 0.3) is 0 Å². The summed E-state index contributed by atoms with van der Waals surface area (Å²) < 4.78 is 5.54. The van der Waals surface area contributed by atoms with E-state index in [2.05, 4.69) is 37.6 Å². The summed E-state index contributed by atoms with van der Waals surface area (Å²) in [4.78, 5) is 5.09. The maximum Gasteiger partial charge on any atom is 0.0661 e. The van der Waals surface area contributed by atoms with Crippen LogP contribution in [0.1, 0.15) is 33.6 Å². The molecule has 2 unspecified atom stereocenters. The molecule has 4 nitrogen and oxygen atoms in total. The summed E-state index contributed by atoms with van der Waals surface area (Å²) in [5.74, 6) is 0.495. The molecule has 0 aromatic heterocycles. The number of rotatable bonds is 6. The fraction of sp³-hybridized carbons (Fsp3) is 1.00. The van der Waals surface area contributed by atoms with Gasteiger partial charge in [0.15, 0.2) is 0 Å². The van der Waals surface area contributed by atoms with Gasteiger partial charge in [-0.05, 0) is 32.4 Å². The Morgan fingerprint density at radius 2 is 2.05 bits per heavy atom. The number of methoxy groups -OCH3 is 1. The van der Waals surface area contributed by atoms with E-state index in [4.69, 9.17) is 10.5 Å². The predicted octanol–water partition coefficient (Wildman–Crippen LogP) is 1.40. The zero-order valence-electron chi connectivity index (χ0n) is 13.5. The zero-order valence-corrected chi connectivity index (χ0v) is 13.5. The summed E-state index contributed by atoms with van der Waals surface area (Å²) in [7, 11) is 4.01. The van der Waals surface area contributed by atoms with Gasteiger partial charge in [-0.25, -0.2) is 0 Å². The molecule has 2 atom stereocenters. The fourth-order valence-corrected chi connectivity index (χ4v) is 3.42. The van der Waals surface area contributed by atoms with E-state index in [9.17, 15) is 0 Å². The fourth-order valence-electron chi connectivity index (χ4n) is 3.42. The molecule has 2 N–H and O–H groups in total. The Labute approximate surface area is 119 Å². The SMILES string of the molecule is CCC1CN(C)CCCN1C(CN)(COC)C(C)C. The van der Waals surface area contributed by atoms with Crippen molar-refractivity contribution in [3.05, 3.63) is 0 Å². The number of nitrogens with zero attached hydrogens (tertiary/aromatic N) is 2. The summed E-state index contributed by atoms with van der Waals surface area (Å²) in [6.45, 7) is 11.7. The Bertz CT molecular complexity index is 260. The summed E-state index contributed by atoms with van der Waals surface area (Å²) in [5.41, 5.74) is 6.17. The normalized spacial score (nSPS) is 26.4. The van der Waals surface area contributed by atoms with Crippen LogP contribution < -0.4 is 5.73 Å². The monoisotopic (exact) mass is 271 g/mol. The van der Waals surface area contributed by atoms with Crippen molar-refractivity contribution in [3.63, 3.8) is 0 Å². The van der Waals surface area contributed by atoms with Gasteiger partial charge in [0, 0.05) is 32.8 Å². The number of nitrogens with two attached hydrogens (primary N) is 1. The number of likely N-dealkylation sites (N-methyl/N-ethyl adjacent to an activating group) is 1. The van der Waals surface area contributed by atoms with Gasteiger partial charge in [0.1, 0.15) is 0 Å². The lowest BCUT2D eigenvalue weighted by atomic mass is 9.83. The third-order valence-corrected chi connectivity index (χ3v) is 4.77. The minimum absolute atomic E-state index is 0.0272. The van der Waals surface area contributed by atoms with Crippen LogP contribution in [0.2, 0.25) is 0 Å². The Balaban J connectivity index is 3.02. The van der Waals surface area contributed by atoms with Crippen LogP contribution in [-0.2, 0) is 4.74 Å². The topological polar surface area (TPSA) is 41.7 Å². The van der Waals surface area contributed by atoms with E-state index in [1.54, 1.807) is 7.11 Å². The standard InChI is InChI=1S/C15H33N3O/c1-6-14-10-17(4)8-7-9-18(14)15(11-16,12-19-5)13(2)3/h13-14H,6-12,16H2,1-5H3. The molecule has 0 radical (unpaired) electrons. The van der Waals surface area contributed by atoms with E-state index >= 15 is 0 Å². The first-order valence-corrected chi connectivity index (χ1v) is 7.66. The quantitative estimate of drug-likeness (QED) is 0.793. The predicted molar refractivity (Wildman–Crippen MR) is 81.4 cm³/mol. The van der Waals surface area contributed by atoms with E-state index < -0.39 is 0 Å². The van der Waals surface area contributed by atoms with Crippen LogP contribution >= 0.6 is 0 Å². The molecule has 4 heteroatoms. The van der Waals surface area contributed by atoms with Crippen LogP contribution in [0.3, 0.4) is 0 Å². The molecule has 1 aliphatic heterocycles. The molecular formula is C15H33N3O. The Morgan fingerprint density at radius 1 is 1.37 bits per heavy atom. The summed E-state index contributed by atoms with van der Waals surface area (Å²) in [6, 6.07) is 0.577. The second-order valence-electron chi connectivity index (χ2n) is 6.27. The maximum atomic E-state index is 6.19. The van der Waals surface area contributed by atoms with Gasteiger partial charge in [-0.15, -0.1) is 0 Å². The van der Waals surface area contributed by atoms with Crippen LogP contribution in [0.15, 0.2) is 0 Å². The molecule has 0 spiro atoms. The average Bonchev–Trinajstić information content (AvgIpc) is 2.57. The molecule has 1 aliphatic rings. The van der Waals surface area contributed by atoms with Crippen molar-refractivity contribution in [2.24, 2.45) is 11.7 Å². The number of ether oxygens (including phenoxy) is 1. The van der Waals surface area contributed by atoms with E-state index in [0.717, 1.165) is 19.7 Å². The Hall–Kier alpha value is -0.160.